The van der Waals surface area contributed by atoms with E-state index in [1.165, 1.54) is 12.1 Å². The highest BCUT2D eigenvalue weighted by molar-refractivity contribution is 9.10. The van der Waals surface area contributed by atoms with E-state index in [0.717, 1.165) is 30.4 Å². The van der Waals surface area contributed by atoms with Crippen molar-refractivity contribution in [2.24, 2.45) is 5.41 Å². The molecule has 6 heteroatoms. The molecule has 2 saturated heterocycles. The van der Waals surface area contributed by atoms with E-state index in [1.54, 1.807) is 17.0 Å². The number of carbonyl (C=O) groups is 2. The molecule has 4 rings (SSSR count). The fraction of sp³-hybridized carbons (Fsp3) is 0.304. The number of likely N-dealkylation sites (tertiary alicyclic amines) is 2. The van der Waals surface area contributed by atoms with E-state index in [1.807, 2.05) is 29.2 Å². The first kappa shape index (κ1) is 19.7. The highest BCUT2D eigenvalue weighted by Gasteiger charge is 2.47. The number of rotatable bonds is 1. The van der Waals surface area contributed by atoms with Gasteiger partial charge in [-0.15, -0.1) is 0 Å². The van der Waals surface area contributed by atoms with Crippen molar-refractivity contribution in [2.45, 2.75) is 12.8 Å². The van der Waals surface area contributed by atoms with Gasteiger partial charge >= 0.3 is 0 Å². The number of hydrogen-bond donors (Lipinski definition) is 0. The second kappa shape index (κ2) is 8.00. The van der Waals surface area contributed by atoms with Crippen molar-refractivity contribution in [2.75, 3.05) is 26.2 Å². The summed E-state index contributed by atoms with van der Waals surface area (Å²) in [6, 6.07) is 13.2. The van der Waals surface area contributed by atoms with Crippen molar-refractivity contribution < 1.29 is 14.0 Å². The van der Waals surface area contributed by atoms with Gasteiger partial charge in [0.1, 0.15) is 5.82 Å². The van der Waals surface area contributed by atoms with E-state index in [9.17, 15) is 14.0 Å². The van der Waals surface area contributed by atoms with Gasteiger partial charge in [0, 0.05) is 53.1 Å². The molecular formula is C23H20BrFN2O2. The zero-order chi connectivity index (χ0) is 20.4. The Morgan fingerprint density at radius 2 is 1.55 bits per heavy atom. The summed E-state index contributed by atoms with van der Waals surface area (Å²) < 4.78 is 13.9. The van der Waals surface area contributed by atoms with Crippen molar-refractivity contribution in [3.8, 4) is 11.8 Å². The molecule has 2 heterocycles. The summed E-state index contributed by atoms with van der Waals surface area (Å²) in [5.74, 6) is 4.98. The lowest BCUT2D eigenvalue weighted by Crippen LogP contribution is -2.62. The molecule has 2 aliphatic heterocycles. The Kier molecular flexibility index (Phi) is 5.42. The van der Waals surface area contributed by atoms with E-state index < -0.39 is 0 Å². The Balaban J connectivity index is 1.29. The molecule has 0 saturated carbocycles. The van der Waals surface area contributed by atoms with Crippen LogP contribution in [-0.4, -0.2) is 47.8 Å². The topological polar surface area (TPSA) is 40.6 Å². The predicted octanol–water partition coefficient (Wildman–Crippen LogP) is 3.70. The lowest BCUT2D eigenvalue weighted by Gasteiger charge is -2.53. The highest BCUT2D eigenvalue weighted by Crippen LogP contribution is 2.41. The third kappa shape index (κ3) is 4.35. The first-order valence-corrected chi connectivity index (χ1v) is 10.3. The normalized spacial score (nSPS) is 17.3. The van der Waals surface area contributed by atoms with Crippen molar-refractivity contribution in [1.82, 2.24) is 9.80 Å². The van der Waals surface area contributed by atoms with Gasteiger partial charge in [0.15, 0.2) is 0 Å². The fourth-order valence-electron chi connectivity index (χ4n) is 3.92. The maximum absolute atomic E-state index is 12.9. The molecule has 1 spiro atoms. The summed E-state index contributed by atoms with van der Waals surface area (Å²) in [6.07, 6.45) is 1.75. The first-order chi connectivity index (χ1) is 13.9. The molecule has 29 heavy (non-hydrogen) atoms. The number of amides is 2. The van der Waals surface area contributed by atoms with Crippen LogP contribution in [0.5, 0.6) is 0 Å². The Labute approximate surface area is 177 Å². The SMILES string of the molecule is O=C(C#Cc1ccc(F)cc1)N1CCC2(CC1)CN(C(=O)c1ccc(Br)cc1)C2. The van der Waals surface area contributed by atoms with Crippen molar-refractivity contribution in [3.05, 3.63) is 69.9 Å². The molecule has 2 aromatic carbocycles. The van der Waals surface area contributed by atoms with E-state index in [0.29, 0.717) is 24.2 Å². The van der Waals surface area contributed by atoms with Crippen LogP contribution in [0.15, 0.2) is 53.0 Å². The Bertz CT molecular complexity index is 976. The van der Waals surface area contributed by atoms with Gasteiger partial charge in [-0.3, -0.25) is 9.59 Å². The first-order valence-electron chi connectivity index (χ1n) is 9.56. The van der Waals surface area contributed by atoms with Crippen molar-refractivity contribution in [3.63, 3.8) is 0 Å². The second-order valence-corrected chi connectivity index (χ2v) is 8.63. The van der Waals surface area contributed by atoms with Crippen LogP contribution in [0.2, 0.25) is 0 Å². The molecular weight excluding hydrogens is 435 g/mol. The molecule has 2 amide bonds. The van der Waals surface area contributed by atoms with Crippen LogP contribution in [0.3, 0.4) is 0 Å². The Morgan fingerprint density at radius 3 is 2.17 bits per heavy atom. The summed E-state index contributed by atoms with van der Waals surface area (Å²) in [5.41, 5.74) is 1.44. The lowest BCUT2D eigenvalue weighted by atomic mass is 9.71. The van der Waals surface area contributed by atoms with E-state index in [2.05, 4.69) is 27.8 Å². The van der Waals surface area contributed by atoms with Gasteiger partial charge in [0.05, 0.1) is 0 Å². The standard InChI is InChI=1S/C23H20BrFN2O2/c24-19-6-4-18(5-7-19)22(29)27-15-23(16-27)11-13-26(14-12-23)21(28)10-3-17-1-8-20(25)9-2-17/h1-2,4-9H,11-16H2. The van der Waals surface area contributed by atoms with E-state index in [-0.39, 0.29) is 23.0 Å². The smallest absolute Gasteiger partial charge is 0.298 e. The van der Waals surface area contributed by atoms with Crippen molar-refractivity contribution in [1.29, 1.82) is 0 Å². The number of carbonyl (C=O) groups excluding carboxylic acids is 2. The molecule has 2 fully saturated rings. The van der Waals surface area contributed by atoms with Crippen LogP contribution in [0.25, 0.3) is 0 Å². The highest BCUT2D eigenvalue weighted by atomic mass is 79.9. The number of piperidine rings is 1. The Morgan fingerprint density at radius 1 is 0.931 bits per heavy atom. The van der Waals surface area contributed by atoms with E-state index in [4.69, 9.17) is 0 Å². The van der Waals surface area contributed by atoms with Crippen LogP contribution in [0.1, 0.15) is 28.8 Å². The molecule has 2 aromatic rings. The predicted molar refractivity (Wildman–Crippen MR) is 112 cm³/mol. The zero-order valence-corrected chi connectivity index (χ0v) is 17.4. The zero-order valence-electron chi connectivity index (χ0n) is 15.8. The molecule has 0 aromatic heterocycles. The molecule has 0 radical (unpaired) electrons. The maximum Gasteiger partial charge on any atom is 0.298 e. The molecule has 0 N–H and O–H groups in total. The number of halogens is 2. The van der Waals surface area contributed by atoms with Gasteiger partial charge < -0.3 is 9.80 Å². The number of benzene rings is 2. The third-order valence-electron chi connectivity index (χ3n) is 5.70. The molecule has 0 atom stereocenters. The maximum atomic E-state index is 12.9. The monoisotopic (exact) mass is 454 g/mol. The molecule has 4 nitrogen and oxygen atoms in total. The van der Waals surface area contributed by atoms with Crippen LogP contribution >= 0.6 is 15.9 Å². The minimum atomic E-state index is -0.323. The van der Waals surface area contributed by atoms with Gasteiger partial charge in [-0.2, -0.15) is 0 Å². The van der Waals surface area contributed by atoms with Crippen LogP contribution in [0.4, 0.5) is 4.39 Å². The largest absolute Gasteiger partial charge is 0.337 e. The van der Waals surface area contributed by atoms with Gasteiger partial charge in [-0.1, -0.05) is 21.9 Å². The average Bonchev–Trinajstić information content (AvgIpc) is 2.71. The average molecular weight is 455 g/mol. The molecule has 148 valence electrons. The van der Waals surface area contributed by atoms with Gasteiger partial charge in [-0.05, 0) is 61.4 Å². The summed E-state index contributed by atoms with van der Waals surface area (Å²) >= 11 is 3.38. The molecule has 0 aliphatic carbocycles. The van der Waals surface area contributed by atoms with Crippen LogP contribution in [0, 0.1) is 23.1 Å². The summed E-state index contributed by atoms with van der Waals surface area (Å²) in [4.78, 5) is 28.6. The quantitative estimate of drug-likeness (QED) is 0.616. The lowest BCUT2D eigenvalue weighted by molar-refractivity contribution is -0.129. The minimum absolute atomic E-state index is 0.0618. The summed E-state index contributed by atoms with van der Waals surface area (Å²) in [5, 5.41) is 0. The van der Waals surface area contributed by atoms with Crippen LogP contribution < -0.4 is 0 Å². The van der Waals surface area contributed by atoms with Gasteiger partial charge in [-0.25, -0.2) is 4.39 Å². The third-order valence-corrected chi connectivity index (χ3v) is 6.23. The number of nitrogens with zero attached hydrogens (tertiary/aromatic N) is 2. The van der Waals surface area contributed by atoms with Gasteiger partial charge in [0.25, 0.3) is 11.8 Å². The van der Waals surface area contributed by atoms with Crippen molar-refractivity contribution >= 4 is 27.7 Å². The Hall–Kier alpha value is -2.65. The molecule has 0 unspecified atom stereocenters. The molecule has 2 aliphatic rings. The molecule has 0 bridgehead atoms. The number of hydrogen-bond acceptors (Lipinski definition) is 2. The summed E-state index contributed by atoms with van der Waals surface area (Å²) in [6.45, 7) is 2.78. The minimum Gasteiger partial charge on any atom is -0.337 e. The van der Waals surface area contributed by atoms with E-state index >= 15 is 0 Å². The summed E-state index contributed by atoms with van der Waals surface area (Å²) in [7, 11) is 0. The fourth-order valence-corrected chi connectivity index (χ4v) is 4.18. The second-order valence-electron chi connectivity index (χ2n) is 7.72. The van der Waals surface area contributed by atoms with Crippen LogP contribution in [-0.2, 0) is 4.79 Å². The van der Waals surface area contributed by atoms with Gasteiger partial charge in [0.2, 0.25) is 0 Å².